The van der Waals surface area contributed by atoms with Crippen LogP contribution in [-0.4, -0.2) is 0 Å². The highest BCUT2D eigenvalue weighted by atomic mass is 79.9. The van der Waals surface area contributed by atoms with E-state index in [1.54, 1.807) is 0 Å². The second-order valence-corrected chi connectivity index (χ2v) is 5.25. The highest BCUT2D eigenvalue weighted by Gasteiger charge is 2.38. The van der Waals surface area contributed by atoms with Crippen LogP contribution >= 0.6 is 15.9 Å². The van der Waals surface area contributed by atoms with Crippen molar-refractivity contribution < 1.29 is 4.42 Å². The first-order valence-corrected chi connectivity index (χ1v) is 5.79. The number of hydrogen-bond acceptors (Lipinski definition) is 1. The van der Waals surface area contributed by atoms with Gasteiger partial charge in [-0.2, -0.15) is 0 Å². The SMILES string of the molecule is CC1(C)c2ccccc2-c2oc(Br)cc21. The summed E-state index contributed by atoms with van der Waals surface area (Å²) >= 11 is 3.39. The molecule has 0 atom stereocenters. The van der Waals surface area contributed by atoms with Crippen LogP contribution in [0.25, 0.3) is 11.3 Å². The maximum atomic E-state index is 5.70. The van der Waals surface area contributed by atoms with Crippen LogP contribution in [0.15, 0.2) is 39.4 Å². The van der Waals surface area contributed by atoms with Gasteiger partial charge in [0, 0.05) is 16.5 Å². The largest absolute Gasteiger partial charge is 0.449 e. The molecule has 1 aliphatic rings. The van der Waals surface area contributed by atoms with Gasteiger partial charge in [-0.1, -0.05) is 38.1 Å². The number of rotatable bonds is 0. The molecule has 0 N–H and O–H groups in total. The van der Waals surface area contributed by atoms with Gasteiger partial charge in [-0.25, -0.2) is 0 Å². The lowest BCUT2D eigenvalue weighted by atomic mass is 9.83. The second kappa shape index (κ2) is 2.76. The molecule has 0 unspecified atom stereocenters. The molecule has 0 amide bonds. The fourth-order valence-electron chi connectivity index (χ4n) is 2.40. The number of fused-ring (bicyclic) bond motifs is 3. The van der Waals surface area contributed by atoms with Crippen LogP contribution in [0.1, 0.15) is 25.0 Å². The van der Waals surface area contributed by atoms with Crippen LogP contribution in [0.3, 0.4) is 0 Å². The van der Waals surface area contributed by atoms with E-state index in [0.717, 1.165) is 10.4 Å². The molecule has 1 heterocycles. The molecule has 1 aromatic carbocycles. The van der Waals surface area contributed by atoms with E-state index in [-0.39, 0.29) is 5.41 Å². The molecule has 0 saturated heterocycles. The van der Waals surface area contributed by atoms with E-state index >= 15 is 0 Å². The average molecular weight is 263 g/mol. The Morgan fingerprint density at radius 3 is 2.67 bits per heavy atom. The molecular formula is C13H11BrO. The molecule has 0 radical (unpaired) electrons. The highest BCUT2D eigenvalue weighted by molar-refractivity contribution is 9.10. The Bertz CT molecular complexity index is 537. The third kappa shape index (κ3) is 1.08. The minimum Gasteiger partial charge on any atom is -0.449 e. The molecule has 0 fully saturated rings. The third-order valence-corrected chi connectivity index (χ3v) is 3.61. The van der Waals surface area contributed by atoms with E-state index < -0.39 is 0 Å². The molecule has 2 aromatic rings. The molecule has 1 nitrogen and oxygen atoms in total. The number of benzene rings is 1. The fourth-order valence-corrected chi connectivity index (χ4v) is 2.79. The first kappa shape index (κ1) is 9.22. The quantitative estimate of drug-likeness (QED) is 0.688. The normalized spacial score (nSPS) is 16.2. The summed E-state index contributed by atoms with van der Waals surface area (Å²) in [7, 11) is 0. The van der Waals surface area contributed by atoms with Gasteiger partial charge in [0.25, 0.3) is 0 Å². The zero-order chi connectivity index (χ0) is 10.6. The van der Waals surface area contributed by atoms with E-state index in [9.17, 15) is 0 Å². The van der Waals surface area contributed by atoms with Crippen LogP contribution in [0.5, 0.6) is 0 Å². The van der Waals surface area contributed by atoms with E-state index in [2.05, 4.69) is 60.1 Å². The van der Waals surface area contributed by atoms with Gasteiger partial charge in [0.05, 0.1) is 0 Å². The number of furan rings is 1. The van der Waals surface area contributed by atoms with Crippen molar-refractivity contribution in [2.75, 3.05) is 0 Å². The molecule has 0 saturated carbocycles. The van der Waals surface area contributed by atoms with E-state index in [0.29, 0.717) is 0 Å². The van der Waals surface area contributed by atoms with Gasteiger partial charge in [0.2, 0.25) is 0 Å². The van der Waals surface area contributed by atoms with Gasteiger partial charge in [0.15, 0.2) is 4.67 Å². The van der Waals surface area contributed by atoms with Gasteiger partial charge >= 0.3 is 0 Å². The molecule has 0 bridgehead atoms. The number of halogens is 1. The summed E-state index contributed by atoms with van der Waals surface area (Å²) < 4.78 is 6.52. The van der Waals surface area contributed by atoms with Crippen LogP contribution < -0.4 is 0 Å². The lowest BCUT2D eigenvalue weighted by Crippen LogP contribution is -2.14. The molecule has 2 heteroatoms. The molecule has 15 heavy (non-hydrogen) atoms. The first-order chi connectivity index (χ1) is 7.10. The molecule has 76 valence electrons. The Labute approximate surface area is 97.2 Å². The van der Waals surface area contributed by atoms with Crippen LogP contribution in [-0.2, 0) is 5.41 Å². The molecule has 1 aromatic heterocycles. The molecule has 0 spiro atoms. The van der Waals surface area contributed by atoms with Gasteiger partial charge in [-0.3, -0.25) is 0 Å². The predicted molar refractivity (Wildman–Crippen MR) is 64.0 cm³/mol. The van der Waals surface area contributed by atoms with Crippen molar-refractivity contribution in [3.8, 4) is 11.3 Å². The molecule has 1 aliphatic carbocycles. The smallest absolute Gasteiger partial charge is 0.170 e. The molecule has 0 aliphatic heterocycles. The monoisotopic (exact) mass is 262 g/mol. The van der Waals surface area contributed by atoms with Gasteiger partial charge in [-0.05, 0) is 27.6 Å². The minimum atomic E-state index is 0.0570. The summed E-state index contributed by atoms with van der Waals surface area (Å²) in [5.74, 6) is 1.02. The lowest BCUT2D eigenvalue weighted by Gasteiger charge is -2.19. The minimum absolute atomic E-state index is 0.0570. The molecular weight excluding hydrogens is 252 g/mol. The average Bonchev–Trinajstić information content (AvgIpc) is 2.68. The van der Waals surface area contributed by atoms with Crippen LogP contribution in [0, 0.1) is 0 Å². The van der Waals surface area contributed by atoms with E-state index in [1.807, 2.05) is 0 Å². The summed E-state index contributed by atoms with van der Waals surface area (Å²) in [4.78, 5) is 0. The van der Waals surface area contributed by atoms with Gasteiger partial charge < -0.3 is 4.42 Å². The van der Waals surface area contributed by atoms with Crippen molar-refractivity contribution in [3.63, 3.8) is 0 Å². The maximum Gasteiger partial charge on any atom is 0.170 e. The third-order valence-electron chi connectivity index (χ3n) is 3.22. The van der Waals surface area contributed by atoms with Crippen molar-refractivity contribution in [3.05, 3.63) is 46.1 Å². The predicted octanol–water partition coefficient (Wildman–Crippen LogP) is 4.35. The van der Waals surface area contributed by atoms with Crippen LogP contribution in [0.4, 0.5) is 0 Å². The van der Waals surface area contributed by atoms with Crippen molar-refractivity contribution in [1.82, 2.24) is 0 Å². The van der Waals surface area contributed by atoms with Crippen molar-refractivity contribution in [2.45, 2.75) is 19.3 Å². The Balaban J connectivity index is 2.40. The maximum absolute atomic E-state index is 5.70. The van der Waals surface area contributed by atoms with Gasteiger partial charge in [-0.15, -0.1) is 0 Å². The zero-order valence-corrected chi connectivity index (χ0v) is 10.3. The Morgan fingerprint density at radius 1 is 1.13 bits per heavy atom. The van der Waals surface area contributed by atoms with Gasteiger partial charge in [0.1, 0.15) is 5.76 Å². The first-order valence-electron chi connectivity index (χ1n) is 5.00. The zero-order valence-electron chi connectivity index (χ0n) is 8.67. The molecule has 3 rings (SSSR count). The highest BCUT2D eigenvalue weighted by Crippen LogP contribution is 2.50. The van der Waals surface area contributed by atoms with E-state index in [4.69, 9.17) is 4.42 Å². The lowest BCUT2D eigenvalue weighted by molar-refractivity contribution is 0.554. The Hall–Kier alpha value is -1.02. The summed E-state index contributed by atoms with van der Waals surface area (Å²) in [6.45, 7) is 4.47. The van der Waals surface area contributed by atoms with E-state index in [1.165, 1.54) is 16.7 Å². The summed E-state index contributed by atoms with van der Waals surface area (Å²) in [5, 5.41) is 0. The summed E-state index contributed by atoms with van der Waals surface area (Å²) in [5.41, 5.74) is 3.91. The van der Waals surface area contributed by atoms with Crippen molar-refractivity contribution in [2.24, 2.45) is 0 Å². The van der Waals surface area contributed by atoms with Crippen LogP contribution in [0.2, 0.25) is 0 Å². The second-order valence-electron chi connectivity index (χ2n) is 4.46. The topological polar surface area (TPSA) is 13.1 Å². The summed E-state index contributed by atoms with van der Waals surface area (Å²) in [6, 6.07) is 10.5. The fraction of sp³-hybridized carbons (Fsp3) is 0.231. The van der Waals surface area contributed by atoms with Crippen molar-refractivity contribution in [1.29, 1.82) is 0 Å². The standard InChI is InChI=1S/C13H11BrO/c1-13(2)9-6-4-3-5-8(9)12-10(13)7-11(14)15-12/h3-7H,1-2H3. The number of hydrogen-bond donors (Lipinski definition) is 0. The Morgan fingerprint density at radius 2 is 1.87 bits per heavy atom. The summed E-state index contributed by atoms with van der Waals surface area (Å²) in [6.07, 6.45) is 0. The van der Waals surface area contributed by atoms with Crippen molar-refractivity contribution >= 4 is 15.9 Å². The Kier molecular flexibility index (Phi) is 1.70.